The quantitative estimate of drug-likeness (QED) is 0.356. The number of methoxy groups -OCH3 is 1. The van der Waals surface area contributed by atoms with Crippen LogP contribution in [0, 0.1) is 11.5 Å². The maximum absolute atomic E-state index is 8.30. The van der Waals surface area contributed by atoms with Gasteiger partial charge in [0.15, 0.2) is 11.3 Å². The number of benzene rings is 1. The second-order valence-corrected chi connectivity index (χ2v) is 3.18. The van der Waals surface area contributed by atoms with Gasteiger partial charge in [-0.05, 0) is 29.9 Å². The molecule has 0 amide bonds. The fraction of sp³-hybridized carbons (Fsp3) is 0.200. The van der Waals surface area contributed by atoms with E-state index >= 15 is 0 Å². The van der Waals surface area contributed by atoms with Crippen LogP contribution in [-0.2, 0) is 6.54 Å². The third-order valence-electron chi connectivity index (χ3n) is 1.78. The summed E-state index contributed by atoms with van der Waals surface area (Å²) in [6.45, 7) is 0.581. The molecule has 0 fully saturated rings. The fourth-order valence-electron chi connectivity index (χ4n) is 1.02. The zero-order chi connectivity index (χ0) is 11.1. The number of ether oxygens (including phenoxy) is 1. The Morgan fingerprint density at radius 2 is 2.06 bits per heavy atom. The summed E-state index contributed by atoms with van der Waals surface area (Å²) >= 11 is 4.83. The van der Waals surface area contributed by atoms with Gasteiger partial charge in [0.2, 0.25) is 0 Å². The summed E-state index contributed by atoms with van der Waals surface area (Å²) in [6, 6.07) is 7.61. The van der Waals surface area contributed by atoms with Crippen molar-refractivity contribution in [2.45, 2.75) is 6.54 Å². The van der Waals surface area contributed by atoms with Crippen LogP contribution in [0.2, 0.25) is 0 Å². The van der Waals surface area contributed by atoms with Crippen molar-refractivity contribution in [3.63, 3.8) is 0 Å². The minimum atomic E-state index is 0. The molecule has 79 valence electrons. The predicted molar refractivity (Wildman–Crippen MR) is 66.9 cm³/mol. The van der Waals surface area contributed by atoms with Gasteiger partial charge in [-0.15, -0.1) is 0 Å². The number of hydrogen-bond acceptors (Lipinski definition) is 3. The average molecular weight is 244 g/mol. The van der Waals surface area contributed by atoms with Crippen molar-refractivity contribution in [1.29, 1.82) is 5.26 Å². The SMILES string of the molecule is COc1ccc(CNC(=S)NC#N)cc1.[Na]. The molecule has 1 rings (SSSR count). The molecule has 6 heteroatoms. The third-order valence-corrected chi connectivity index (χ3v) is 2.03. The van der Waals surface area contributed by atoms with Crippen molar-refractivity contribution in [2.75, 3.05) is 7.11 Å². The topological polar surface area (TPSA) is 57.1 Å². The van der Waals surface area contributed by atoms with Crippen LogP contribution < -0.4 is 15.4 Å². The Kier molecular flexibility index (Phi) is 7.95. The number of hydrogen-bond donors (Lipinski definition) is 2. The third kappa shape index (κ3) is 5.33. The summed E-state index contributed by atoms with van der Waals surface area (Å²) in [5.74, 6) is 0.816. The van der Waals surface area contributed by atoms with Crippen LogP contribution in [0.5, 0.6) is 5.75 Å². The molecule has 0 heterocycles. The van der Waals surface area contributed by atoms with E-state index in [1.54, 1.807) is 13.3 Å². The first-order valence-electron chi connectivity index (χ1n) is 4.32. The van der Waals surface area contributed by atoms with Gasteiger partial charge in [0, 0.05) is 36.1 Å². The smallest absolute Gasteiger partial charge is 0.183 e. The van der Waals surface area contributed by atoms with Crippen LogP contribution in [0.1, 0.15) is 5.56 Å². The molecule has 2 N–H and O–H groups in total. The van der Waals surface area contributed by atoms with Crippen LogP contribution in [0.3, 0.4) is 0 Å². The summed E-state index contributed by atoms with van der Waals surface area (Å²) in [4.78, 5) is 0. The Morgan fingerprint density at radius 1 is 1.44 bits per heavy atom. The van der Waals surface area contributed by atoms with Crippen molar-refractivity contribution in [1.82, 2.24) is 10.6 Å². The van der Waals surface area contributed by atoms with Gasteiger partial charge in [0.05, 0.1) is 7.11 Å². The van der Waals surface area contributed by atoms with Gasteiger partial charge in [-0.3, -0.25) is 5.32 Å². The second kappa shape index (κ2) is 8.36. The Morgan fingerprint density at radius 3 is 2.56 bits per heavy atom. The second-order valence-electron chi connectivity index (χ2n) is 2.77. The molecule has 0 unspecified atom stereocenters. The summed E-state index contributed by atoms with van der Waals surface area (Å²) in [5, 5.41) is 13.9. The number of nitriles is 1. The molecule has 0 saturated carbocycles. The monoisotopic (exact) mass is 244 g/mol. The Balaban J connectivity index is 0.00000225. The molecule has 0 saturated heterocycles. The van der Waals surface area contributed by atoms with E-state index in [4.69, 9.17) is 22.2 Å². The van der Waals surface area contributed by atoms with E-state index in [0.29, 0.717) is 11.7 Å². The van der Waals surface area contributed by atoms with Crippen molar-refractivity contribution >= 4 is 46.9 Å². The van der Waals surface area contributed by atoms with Crippen molar-refractivity contribution in [3.8, 4) is 11.9 Å². The van der Waals surface area contributed by atoms with Gasteiger partial charge in [-0.2, -0.15) is 5.26 Å². The minimum absolute atomic E-state index is 0. The summed E-state index contributed by atoms with van der Waals surface area (Å²) in [7, 11) is 1.62. The first-order valence-corrected chi connectivity index (χ1v) is 4.73. The molecule has 1 aromatic rings. The van der Waals surface area contributed by atoms with E-state index in [9.17, 15) is 0 Å². The molecule has 1 radical (unpaired) electrons. The number of rotatable bonds is 3. The van der Waals surface area contributed by atoms with Gasteiger partial charge in [0.25, 0.3) is 0 Å². The van der Waals surface area contributed by atoms with Crippen molar-refractivity contribution in [3.05, 3.63) is 29.8 Å². The van der Waals surface area contributed by atoms with Crippen LogP contribution >= 0.6 is 12.2 Å². The summed E-state index contributed by atoms with van der Waals surface area (Å²) < 4.78 is 5.03. The minimum Gasteiger partial charge on any atom is -0.497 e. The number of nitrogens with one attached hydrogen (secondary N) is 2. The van der Waals surface area contributed by atoms with Crippen molar-refractivity contribution in [2.24, 2.45) is 0 Å². The summed E-state index contributed by atoms with van der Waals surface area (Å²) in [5.41, 5.74) is 1.07. The van der Waals surface area contributed by atoms with Gasteiger partial charge in [-0.1, -0.05) is 12.1 Å². The molecule has 4 nitrogen and oxygen atoms in total. The van der Waals surface area contributed by atoms with Crippen LogP contribution in [-0.4, -0.2) is 41.8 Å². The molecule has 1 aromatic carbocycles. The van der Waals surface area contributed by atoms with E-state index in [2.05, 4.69) is 10.6 Å². The van der Waals surface area contributed by atoms with E-state index in [-0.39, 0.29) is 29.6 Å². The zero-order valence-electron chi connectivity index (χ0n) is 9.28. The van der Waals surface area contributed by atoms with Gasteiger partial charge >= 0.3 is 0 Å². The molecule has 0 bridgehead atoms. The van der Waals surface area contributed by atoms with E-state index in [1.165, 1.54) is 0 Å². The maximum atomic E-state index is 8.30. The van der Waals surface area contributed by atoms with Crippen LogP contribution in [0.25, 0.3) is 0 Å². The van der Waals surface area contributed by atoms with Gasteiger partial charge in [-0.25, -0.2) is 0 Å². The molecule has 0 atom stereocenters. The van der Waals surface area contributed by atoms with Gasteiger partial charge in [0.1, 0.15) is 5.75 Å². The zero-order valence-corrected chi connectivity index (χ0v) is 12.1. The van der Waals surface area contributed by atoms with E-state index < -0.39 is 0 Å². The molecular weight excluding hydrogens is 233 g/mol. The molecule has 0 aromatic heterocycles. The average Bonchev–Trinajstić information content (AvgIpc) is 2.27. The first-order chi connectivity index (χ1) is 7.26. The van der Waals surface area contributed by atoms with E-state index in [1.807, 2.05) is 24.3 Å². The van der Waals surface area contributed by atoms with Crippen molar-refractivity contribution < 1.29 is 4.74 Å². The van der Waals surface area contributed by atoms with E-state index in [0.717, 1.165) is 11.3 Å². The summed E-state index contributed by atoms with van der Waals surface area (Å²) in [6.07, 6.45) is 1.75. The predicted octanol–water partition coefficient (Wildman–Crippen LogP) is 0.760. The first kappa shape index (κ1) is 15.2. The Bertz CT molecular complexity index is 375. The Labute approximate surface area is 122 Å². The molecule has 0 aliphatic carbocycles. The van der Waals surface area contributed by atoms with Crippen LogP contribution in [0.15, 0.2) is 24.3 Å². The maximum Gasteiger partial charge on any atom is 0.183 e. The molecule has 16 heavy (non-hydrogen) atoms. The number of thiocarbonyl (C=S) groups is 1. The number of nitrogens with zero attached hydrogens (tertiary/aromatic N) is 1. The molecular formula is C10H11N3NaOS. The standard InChI is InChI=1S/C10H11N3OS.Na/c1-14-9-4-2-8(3-5-9)6-12-10(15)13-7-11;/h2-5H,6H2,1H3,(H2,12,13,15);. The van der Waals surface area contributed by atoms with Crippen LogP contribution in [0.4, 0.5) is 0 Å². The normalized spacial score (nSPS) is 8.25. The Hall–Kier alpha value is -0.800. The molecule has 0 aliphatic heterocycles. The largest absolute Gasteiger partial charge is 0.497 e. The molecule has 0 aliphatic rings. The molecule has 0 spiro atoms. The fourth-order valence-corrected chi connectivity index (χ4v) is 1.14. The van der Waals surface area contributed by atoms with Gasteiger partial charge < -0.3 is 10.1 Å².